The zero-order valence-electron chi connectivity index (χ0n) is 8.12. The molecule has 0 aliphatic rings. The topological polar surface area (TPSA) is 35.5 Å². The Morgan fingerprint density at radius 3 is 2.87 bits per heavy atom. The molecule has 0 heterocycles. The lowest BCUT2D eigenvalue weighted by molar-refractivity contribution is 0.112. The summed E-state index contributed by atoms with van der Waals surface area (Å²) in [5.41, 5.74) is 0.337. The summed E-state index contributed by atoms with van der Waals surface area (Å²) in [6.07, 6.45) is 5.70. The maximum absolute atomic E-state index is 10.6. The van der Waals surface area contributed by atoms with Gasteiger partial charge in [-0.2, -0.15) is 0 Å². The first-order valence-electron chi connectivity index (χ1n) is 4.12. The second-order valence-corrected chi connectivity index (χ2v) is 2.99. The van der Waals surface area contributed by atoms with E-state index in [2.05, 4.69) is 5.92 Å². The van der Waals surface area contributed by atoms with Crippen LogP contribution in [0.5, 0.6) is 11.5 Å². The van der Waals surface area contributed by atoms with Gasteiger partial charge in [0.2, 0.25) is 0 Å². The van der Waals surface area contributed by atoms with Crippen LogP contribution < -0.4 is 9.47 Å². The smallest absolute Gasteiger partial charge is 0.181 e. The van der Waals surface area contributed by atoms with E-state index in [1.165, 1.54) is 7.11 Å². The highest BCUT2D eigenvalue weighted by molar-refractivity contribution is 6.34. The number of halogens is 1. The Labute approximate surface area is 92.9 Å². The highest BCUT2D eigenvalue weighted by Crippen LogP contribution is 2.36. The van der Waals surface area contributed by atoms with E-state index < -0.39 is 0 Å². The van der Waals surface area contributed by atoms with Gasteiger partial charge in [0, 0.05) is 5.56 Å². The quantitative estimate of drug-likeness (QED) is 0.581. The van der Waals surface area contributed by atoms with Gasteiger partial charge in [0.1, 0.15) is 6.61 Å². The van der Waals surface area contributed by atoms with Gasteiger partial charge in [0.05, 0.1) is 12.1 Å². The van der Waals surface area contributed by atoms with Crippen LogP contribution >= 0.6 is 11.6 Å². The number of carbonyl (C=O) groups is 1. The molecule has 0 N–H and O–H groups in total. The van der Waals surface area contributed by atoms with Crippen LogP contribution in [0, 0.1) is 12.3 Å². The largest absolute Gasteiger partial charge is 0.493 e. The zero-order valence-corrected chi connectivity index (χ0v) is 8.88. The van der Waals surface area contributed by atoms with E-state index in [1.54, 1.807) is 12.1 Å². The molecule has 0 radical (unpaired) electrons. The number of hydrogen-bond donors (Lipinski definition) is 0. The third-order valence-electron chi connectivity index (χ3n) is 1.74. The van der Waals surface area contributed by atoms with Crippen molar-refractivity contribution in [1.29, 1.82) is 0 Å². The number of ether oxygens (including phenoxy) is 2. The van der Waals surface area contributed by atoms with Gasteiger partial charge in [-0.25, -0.2) is 0 Å². The van der Waals surface area contributed by atoms with Gasteiger partial charge < -0.3 is 9.47 Å². The maximum atomic E-state index is 10.6. The minimum Gasteiger partial charge on any atom is -0.493 e. The van der Waals surface area contributed by atoms with Crippen LogP contribution in [0.2, 0.25) is 5.02 Å². The van der Waals surface area contributed by atoms with Crippen molar-refractivity contribution in [2.24, 2.45) is 0 Å². The Kier molecular flexibility index (Phi) is 4.02. The molecule has 1 rings (SSSR count). The molecule has 0 unspecified atom stereocenters. The van der Waals surface area contributed by atoms with Gasteiger partial charge in [-0.3, -0.25) is 4.79 Å². The number of methoxy groups -OCH3 is 1. The molecule has 1 aromatic rings. The molecule has 0 spiro atoms. The van der Waals surface area contributed by atoms with Crippen LogP contribution in [-0.2, 0) is 0 Å². The number of benzene rings is 1. The predicted molar refractivity (Wildman–Crippen MR) is 57.7 cm³/mol. The van der Waals surface area contributed by atoms with E-state index in [4.69, 9.17) is 27.5 Å². The van der Waals surface area contributed by atoms with Gasteiger partial charge in [-0.05, 0) is 12.1 Å². The van der Waals surface area contributed by atoms with Crippen LogP contribution in [0.3, 0.4) is 0 Å². The highest BCUT2D eigenvalue weighted by atomic mass is 35.5. The molecule has 0 aliphatic heterocycles. The minimum absolute atomic E-state index is 0.0678. The molecule has 4 heteroatoms. The van der Waals surface area contributed by atoms with Crippen LogP contribution in [0.1, 0.15) is 10.4 Å². The average Bonchev–Trinajstić information content (AvgIpc) is 2.27. The first kappa shape index (κ1) is 11.4. The number of carbonyl (C=O) groups excluding carboxylic acids is 1. The van der Waals surface area contributed by atoms with Crippen LogP contribution in [0.4, 0.5) is 0 Å². The molecule has 0 atom stereocenters. The summed E-state index contributed by atoms with van der Waals surface area (Å²) in [5, 5.41) is 0.208. The van der Waals surface area contributed by atoms with Gasteiger partial charge in [0.15, 0.2) is 17.8 Å². The van der Waals surface area contributed by atoms with Gasteiger partial charge in [0.25, 0.3) is 0 Å². The zero-order chi connectivity index (χ0) is 11.3. The highest BCUT2D eigenvalue weighted by Gasteiger charge is 2.13. The van der Waals surface area contributed by atoms with Crippen LogP contribution in [0.15, 0.2) is 12.1 Å². The normalized spacial score (nSPS) is 9.13. The summed E-state index contributed by atoms with van der Waals surface area (Å²) in [5.74, 6) is 3.05. The Hall–Kier alpha value is -1.66. The maximum Gasteiger partial charge on any atom is 0.181 e. The molecular formula is C11H9ClO3. The molecule has 15 heavy (non-hydrogen) atoms. The standard InChI is InChI=1S/C11H9ClO3/c1-3-6-15-11-9(14-2)5-4-8(7-13)10(11)12/h1,4-5,7H,6H2,2H3. The van der Waals surface area contributed by atoms with E-state index >= 15 is 0 Å². The lowest BCUT2D eigenvalue weighted by atomic mass is 10.2. The fourth-order valence-electron chi connectivity index (χ4n) is 1.05. The van der Waals surface area contributed by atoms with E-state index in [9.17, 15) is 4.79 Å². The summed E-state index contributed by atoms with van der Waals surface area (Å²) in [6.45, 7) is 0.0678. The molecule has 0 amide bonds. The molecule has 0 aromatic heterocycles. The Morgan fingerprint density at radius 2 is 2.33 bits per heavy atom. The van der Waals surface area contributed by atoms with Crippen molar-refractivity contribution >= 4 is 17.9 Å². The number of hydrogen-bond acceptors (Lipinski definition) is 3. The van der Waals surface area contributed by atoms with Gasteiger partial charge in [-0.1, -0.05) is 17.5 Å². The summed E-state index contributed by atoms with van der Waals surface area (Å²) in [7, 11) is 1.48. The average molecular weight is 225 g/mol. The molecule has 78 valence electrons. The molecule has 0 saturated carbocycles. The summed E-state index contributed by atoms with van der Waals surface area (Å²) in [6, 6.07) is 3.15. The molecule has 0 bridgehead atoms. The van der Waals surface area contributed by atoms with Crippen molar-refractivity contribution in [2.75, 3.05) is 13.7 Å². The fraction of sp³-hybridized carbons (Fsp3) is 0.182. The van der Waals surface area contributed by atoms with Crippen molar-refractivity contribution in [3.8, 4) is 23.8 Å². The lowest BCUT2D eigenvalue weighted by Crippen LogP contribution is -1.99. The van der Waals surface area contributed by atoms with Crippen LogP contribution in [0.25, 0.3) is 0 Å². The molecule has 0 fully saturated rings. The number of rotatable bonds is 4. The number of terminal acetylenes is 1. The van der Waals surface area contributed by atoms with E-state index in [-0.39, 0.29) is 11.6 Å². The number of aldehydes is 1. The first-order valence-corrected chi connectivity index (χ1v) is 4.50. The summed E-state index contributed by atoms with van der Waals surface area (Å²) >= 11 is 5.92. The van der Waals surface area contributed by atoms with Crippen molar-refractivity contribution in [3.63, 3.8) is 0 Å². The second kappa shape index (κ2) is 5.28. The van der Waals surface area contributed by atoms with E-state index in [0.29, 0.717) is 23.3 Å². The molecular weight excluding hydrogens is 216 g/mol. The van der Waals surface area contributed by atoms with E-state index in [1.807, 2.05) is 0 Å². The monoisotopic (exact) mass is 224 g/mol. The van der Waals surface area contributed by atoms with Gasteiger partial charge >= 0.3 is 0 Å². The third-order valence-corrected chi connectivity index (χ3v) is 2.13. The predicted octanol–water partition coefficient (Wildman–Crippen LogP) is 2.17. The molecule has 3 nitrogen and oxygen atoms in total. The Bertz CT molecular complexity index is 407. The first-order chi connectivity index (χ1) is 7.24. The SMILES string of the molecule is C#CCOc1c(OC)ccc(C=O)c1Cl. The van der Waals surface area contributed by atoms with Gasteiger partial charge in [-0.15, -0.1) is 6.42 Å². The molecule has 0 saturated heterocycles. The van der Waals surface area contributed by atoms with Crippen molar-refractivity contribution < 1.29 is 14.3 Å². The summed E-state index contributed by atoms with van der Waals surface area (Å²) in [4.78, 5) is 10.6. The van der Waals surface area contributed by atoms with Crippen LogP contribution in [-0.4, -0.2) is 20.0 Å². The summed E-state index contributed by atoms with van der Waals surface area (Å²) < 4.78 is 10.2. The van der Waals surface area contributed by atoms with E-state index in [0.717, 1.165) is 0 Å². The lowest BCUT2D eigenvalue weighted by Gasteiger charge is -2.11. The molecule has 1 aromatic carbocycles. The van der Waals surface area contributed by atoms with Crippen molar-refractivity contribution in [2.45, 2.75) is 0 Å². The third kappa shape index (κ3) is 2.42. The Balaban J connectivity index is 3.17. The Morgan fingerprint density at radius 1 is 1.60 bits per heavy atom. The fourth-order valence-corrected chi connectivity index (χ4v) is 1.31. The molecule has 0 aliphatic carbocycles. The minimum atomic E-state index is 0.0678. The van der Waals surface area contributed by atoms with Crippen molar-refractivity contribution in [3.05, 3.63) is 22.7 Å². The van der Waals surface area contributed by atoms with Crippen molar-refractivity contribution in [1.82, 2.24) is 0 Å². The second-order valence-electron chi connectivity index (χ2n) is 2.61.